The molecule has 1 rings (SSSR count). The molecule has 0 aromatic carbocycles. The fourth-order valence-electron chi connectivity index (χ4n) is 2.89. The Hall–Kier alpha value is -0.0700. The first kappa shape index (κ1) is 20.9. The van der Waals surface area contributed by atoms with Crippen LogP contribution in [0.4, 0.5) is 0 Å². The highest BCUT2D eigenvalue weighted by Gasteiger charge is 2.36. The van der Waals surface area contributed by atoms with E-state index in [4.69, 9.17) is 4.52 Å². The zero-order valence-electron chi connectivity index (χ0n) is 14.3. The van der Waals surface area contributed by atoms with Gasteiger partial charge in [-0.25, -0.2) is 0 Å². The molecule has 0 saturated carbocycles. The summed E-state index contributed by atoms with van der Waals surface area (Å²) in [5.41, 5.74) is 1.21. The van der Waals surface area contributed by atoms with Gasteiger partial charge in [-0.1, -0.05) is 45.2 Å². The normalized spacial score (nSPS) is 11.4. The van der Waals surface area contributed by atoms with E-state index < -0.39 is 7.26 Å². The van der Waals surface area contributed by atoms with Crippen molar-refractivity contribution in [1.29, 1.82) is 0 Å². The molecule has 0 aliphatic rings. The summed E-state index contributed by atoms with van der Waals surface area (Å²) >= 11 is 0. The highest BCUT2D eigenvalue weighted by Crippen LogP contribution is 2.63. The third kappa shape index (κ3) is 7.66. The predicted molar refractivity (Wildman–Crippen MR) is 91.2 cm³/mol. The average Bonchev–Trinajstić information content (AvgIpc) is 2.85. The van der Waals surface area contributed by atoms with E-state index in [0.29, 0.717) is 0 Å². The van der Waals surface area contributed by atoms with Crippen molar-refractivity contribution in [1.82, 2.24) is 5.16 Å². The van der Waals surface area contributed by atoms with Gasteiger partial charge in [0.2, 0.25) is 0 Å². The monoisotopic (exact) mass is 333 g/mol. The molecular formula is C17H33ClNOP. The quantitative estimate of drug-likeness (QED) is 0.582. The molecule has 0 N–H and O–H groups in total. The van der Waals surface area contributed by atoms with E-state index in [9.17, 15) is 0 Å². The third-order valence-corrected chi connectivity index (χ3v) is 8.92. The summed E-state index contributed by atoms with van der Waals surface area (Å²) < 4.78 is 5.29. The first-order valence-corrected chi connectivity index (χ1v) is 11.0. The Bertz CT molecular complexity index is 346. The fraction of sp³-hybridized carbons (Fsp3) is 0.824. The summed E-state index contributed by atoms with van der Waals surface area (Å²) in [7, 11) is -0.877. The van der Waals surface area contributed by atoms with Crippen molar-refractivity contribution in [2.24, 2.45) is 0 Å². The molecule has 0 amide bonds. The number of rotatable bonds is 11. The number of aromatic nitrogens is 1. The van der Waals surface area contributed by atoms with Gasteiger partial charge in [-0.3, -0.25) is 0 Å². The van der Waals surface area contributed by atoms with Crippen LogP contribution in [0.3, 0.4) is 0 Å². The van der Waals surface area contributed by atoms with Gasteiger partial charge in [0.05, 0.1) is 18.5 Å². The molecule has 21 heavy (non-hydrogen) atoms. The molecule has 0 aliphatic carbocycles. The predicted octanol–water partition coefficient (Wildman–Crippen LogP) is 2.90. The molecule has 0 aliphatic heterocycles. The van der Waals surface area contributed by atoms with E-state index in [-0.39, 0.29) is 12.4 Å². The molecule has 0 unspecified atom stereocenters. The van der Waals surface area contributed by atoms with Gasteiger partial charge in [0.25, 0.3) is 0 Å². The first-order chi connectivity index (χ1) is 9.65. The first-order valence-electron chi connectivity index (χ1n) is 8.43. The van der Waals surface area contributed by atoms with Crippen molar-refractivity contribution < 1.29 is 16.9 Å². The minimum Gasteiger partial charge on any atom is -1.00 e. The molecule has 1 heterocycles. The van der Waals surface area contributed by atoms with Crippen LogP contribution in [-0.2, 0) is 6.16 Å². The molecule has 0 saturated heterocycles. The molecule has 0 fully saturated rings. The molecular weight excluding hydrogens is 301 g/mol. The van der Waals surface area contributed by atoms with Crippen LogP contribution in [0.25, 0.3) is 0 Å². The van der Waals surface area contributed by atoms with Crippen LogP contribution in [0.5, 0.6) is 0 Å². The Balaban J connectivity index is 0.00000400. The number of aryl methyl sites for hydroxylation is 1. The maximum atomic E-state index is 5.29. The van der Waals surface area contributed by atoms with Crippen LogP contribution in [0.15, 0.2) is 10.6 Å². The van der Waals surface area contributed by atoms with Crippen molar-refractivity contribution in [2.45, 2.75) is 72.4 Å². The molecule has 1 aromatic rings. The van der Waals surface area contributed by atoms with Crippen LogP contribution in [-0.4, -0.2) is 23.6 Å². The summed E-state index contributed by atoms with van der Waals surface area (Å²) in [6.45, 7) is 8.94. The van der Waals surface area contributed by atoms with E-state index in [2.05, 4.69) is 32.0 Å². The van der Waals surface area contributed by atoms with Crippen molar-refractivity contribution in [2.75, 3.05) is 18.5 Å². The highest BCUT2D eigenvalue weighted by molar-refractivity contribution is 7.75. The minimum atomic E-state index is -0.877. The van der Waals surface area contributed by atoms with Crippen LogP contribution in [0.1, 0.15) is 70.8 Å². The van der Waals surface area contributed by atoms with E-state index in [0.717, 1.165) is 5.76 Å². The average molecular weight is 334 g/mol. The van der Waals surface area contributed by atoms with Crippen LogP contribution in [0, 0.1) is 6.92 Å². The Morgan fingerprint density at radius 3 is 1.76 bits per heavy atom. The molecule has 0 radical (unpaired) electrons. The largest absolute Gasteiger partial charge is 1.00 e. The number of halogens is 1. The zero-order valence-corrected chi connectivity index (χ0v) is 16.0. The van der Waals surface area contributed by atoms with Crippen LogP contribution in [0.2, 0.25) is 0 Å². The molecule has 124 valence electrons. The second kappa shape index (κ2) is 11.5. The molecule has 0 bridgehead atoms. The maximum absolute atomic E-state index is 5.29. The second-order valence-electron chi connectivity index (χ2n) is 6.16. The maximum Gasteiger partial charge on any atom is 0.134 e. The summed E-state index contributed by atoms with van der Waals surface area (Å²) in [5, 5.41) is 4.28. The van der Waals surface area contributed by atoms with Gasteiger partial charge in [0.15, 0.2) is 0 Å². The Morgan fingerprint density at radius 2 is 1.43 bits per heavy atom. The molecule has 0 atom stereocenters. The lowest BCUT2D eigenvalue weighted by molar-refractivity contribution is -0.00000515. The van der Waals surface area contributed by atoms with Gasteiger partial charge in [-0.15, -0.1) is 0 Å². The Labute approximate surface area is 138 Å². The van der Waals surface area contributed by atoms with Crippen molar-refractivity contribution in [3.63, 3.8) is 0 Å². The van der Waals surface area contributed by atoms with Gasteiger partial charge in [0, 0.05) is 13.3 Å². The number of unbranched alkanes of at least 4 members (excludes halogenated alkanes) is 3. The summed E-state index contributed by atoms with van der Waals surface area (Å²) in [6.07, 6.45) is 13.7. The molecule has 0 spiro atoms. The second-order valence-corrected chi connectivity index (χ2v) is 10.5. The smallest absolute Gasteiger partial charge is 0.134 e. The standard InChI is InChI=1S/C17H33NOP.ClH/c1-5-8-11-20(12-9-6-2,13-10-7-3)15-17-14-16(4)19-18-17;/h14H,5-13,15H2,1-4H3;1H/q+1;/p-1. The molecule has 2 nitrogen and oxygen atoms in total. The van der Waals surface area contributed by atoms with Crippen molar-refractivity contribution >= 4 is 7.26 Å². The van der Waals surface area contributed by atoms with Crippen molar-refractivity contribution in [3.05, 3.63) is 17.5 Å². The van der Waals surface area contributed by atoms with E-state index in [1.165, 1.54) is 68.9 Å². The van der Waals surface area contributed by atoms with E-state index in [1.807, 2.05) is 6.92 Å². The van der Waals surface area contributed by atoms with Gasteiger partial charge in [-0.2, -0.15) is 0 Å². The number of hydrogen-bond donors (Lipinski definition) is 0. The highest BCUT2D eigenvalue weighted by atomic mass is 35.5. The lowest BCUT2D eigenvalue weighted by Gasteiger charge is -2.27. The topological polar surface area (TPSA) is 26.0 Å². The van der Waals surface area contributed by atoms with E-state index in [1.54, 1.807) is 0 Å². The number of nitrogens with zero attached hydrogens (tertiary/aromatic N) is 1. The van der Waals surface area contributed by atoms with Gasteiger partial charge < -0.3 is 16.9 Å². The lowest BCUT2D eigenvalue weighted by atomic mass is 10.4. The summed E-state index contributed by atoms with van der Waals surface area (Å²) in [5.74, 6) is 0.958. The SMILES string of the molecule is CCCC[P+](CCCC)(CCCC)Cc1cc(C)on1.[Cl-]. The van der Waals surface area contributed by atoms with Gasteiger partial charge in [0.1, 0.15) is 17.6 Å². The Morgan fingerprint density at radius 1 is 0.952 bits per heavy atom. The van der Waals surface area contributed by atoms with Crippen LogP contribution < -0.4 is 12.4 Å². The Kier molecular flexibility index (Phi) is 11.5. The van der Waals surface area contributed by atoms with Gasteiger partial charge >= 0.3 is 0 Å². The summed E-state index contributed by atoms with van der Waals surface area (Å²) in [6, 6.07) is 2.15. The third-order valence-electron chi connectivity index (χ3n) is 4.13. The van der Waals surface area contributed by atoms with E-state index >= 15 is 0 Å². The van der Waals surface area contributed by atoms with Gasteiger partial charge in [-0.05, 0) is 26.2 Å². The van der Waals surface area contributed by atoms with Crippen LogP contribution >= 0.6 is 7.26 Å². The van der Waals surface area contributed by atoms with Crippen molar-refractivity contribution in [3.8, 4) is 0 Å². The zero-order chi connectivity index (χ0) is 14.8. The fourth-order valence-corrected chi connectivity index (χ4v) is 7.83. The number of hydrogen-bond acceptors (Lipinski definition) is 2. The molecule has 1 aromatic heterocycles. The molecule has 4 heteroatoms. The minimum absolute atomic E-state index is 0. The summed E-state index contributed by atoms with van der Waals surface area (Å²) in [4.78, 5) is 0. The lowest BCUT2D eigenvalue weighted by Crippen LogP contribution is -3.00.